The van der Waals surface area contributed by atoms with Gasteiger partial charge in [-0.3, -0.25) is 0 Å². The van der Waals surface area contributed by atoms with Gasteiger partial charge in [0.1, 0.15) is 0 Å². The summed E-state index contributed by atoms with van der Waals surface area (Å²) in [7, 11) is 0. The van der Waals surface area contributed by atoms with Crippen molar-refractivity contribution in [1.82, 2.24) is 4.90 Å². The summed E-state index contributed by atoms with van der Waals surface area (Å²) in [5.41, 5.74) is 0. The van der Waals surface area contributed by atoms with Gasteiger partial charge in [0.25, 0.3) is 0 Å². The molecule has 11 heavy (non-hydrogen) atoms. The summed E-state index contributed by atoms with van der Waals surface area (Å²) in [5.74, 6) is 0. The van der Waals surface area contributed by atoms with E-state index < -0.39 is 0 Å². The van der Waals surface area contributed by atoms with Gasteiger partial charge in [-0.15, -0.1) is 13.1 Å². The van der Waals surface area contributed by atoms with Gasteiger partial charge in [-0.05, 0) is 26.9 Å². The molecule has 0 amide bonds. The second-order valence-corrected chi connectivity index (χ2v) is 3.15. The van der Waals surface area contributed by atoms with Gasteiger partial charge in [0.05, 0.1) is 0 Å². The third-order valence-electron chi connectivity index (χ3n) is 2.04. The van der Waals surface area contributed by atoms with Crippen LogP contribution in [0.3, 0.4) is 0 Å². The average Bonchev–Trinajstić information content (AvgIpc) is 2.12. The Bertz CT molecular complexity index is 88.1. The molecule has 1 aliphatic heterocycles. The standard InChI is InChI=1S/C8H17N2.Ru/c1-8(2)10-6-3-4-9-5-7-10;/h8H,3-7H2,1-2H3;/q-1;+1. The monoisotopic (exact) mass is 243 g/mol. The SMILES string of the molecule is CC(C)N1CCC[N-]CC1.[Ru+]. The van der Waals surface area contributed by atoms with E-state index in [0.717, 1.165) is 19.6 Å². The molecule has 0 N–H and O–H groups in total. The van der Waals surface area contributed by atoms with Crippen molar-refractivity contribution in [2.45, 2.75) is 26.3 Å². The van der Waals surface area contributed by atoms with Gasteiger partial charge in [0.2, 0.25) is 0 Å². The molecule has 1 fully saturated rings. The first-order chi connectivity index (χ1) is 4.80. The Morgan fingerprint density at radius 1 is 1.18 bits per heavy atom. The number of rotatable bonds is 1. The molecule has 0 atom stereocenters. The maximum atomic E-state index is 4.36. The van der Waals surface area contributed by atoms with Crippen LogP contribution in [0.15, 0.2) is 0 Å². The van der Waals surface area contributed by atoms with Crippen LogP contribution < -0.4 is 0 Å². The van der Waals surface area contributed by atoms with Crippen LogP contribution in [-0.4, -0.2) is 37.1 Å². The maximum absolute atomic E-state index is 4.36. The Kier molecular flexibility index (Phi) is 6.40. The van der Waals surface area contributed by atoms with Crippen molar-refractivity contribution in [3.63, 3.8) is 0 Å². The molecule has 1 heterocycles. The van der Waals surface area contributed by atoms with E-state index >= 15 is 0 Å². The first kappa shape index (κ1) is 11.5. The number of nitrogens with zero attached hydrogens (tertiary/aromatic N) is 2. The van der Waals surface area contributed by atoms with E-state index in [4.69, 9.17) is 0 Å². The molecule has 1 rings (SSSR count). The van der Waals surface area contributed by atoms with Gasteiger partial charge < -0.3 is 10.2 Å². The second kappa shape index (κ2) is 6.10. The fraction of sp³-hybridized carbons (Fsp3) is 1.00. The summed E-state index contributed by atoms with van der Waals surface area (Å²) in [5, 5.41) is 4.36. The molecule has 0 spiro atoms. The molecule has 2 nitrogen and oxygen atoms in total. The van der Waals surface area contributed by atoms with Gasteiger partial charge in [0, 0.05) is 6.04 Å². The summed E-state index contributed by atoms with van der Waals surface area (Å²) in [6.45, 7) is 9.02. The molecule has 1 saturated heterocycles. The van der Waals surface area contributed by atoms with Crippen LogP contribution in [0.1, 0.15) is 20.3 Å². The molecular formula is C8H17N2Ru. The smallest absolute Gasteiger partial charge is 0.661 e. The summed E-state index contributed by atoms with van der Waals surface area (Å²) in [6, 6.07) is 0.702. The van der Waals surface area contributed by atoms with Crippen LogP contribution in [0.25, 0.3) is 5.32 Å². The Morgan fingerprint density at radius 3 is 2.55 bits per heavy atom. The topological polar surface area (TPSA) is 17.3 Å². The largest absolute Gasteiger partial charge is 1.00 e. The Labute approximate surface area is 82.5 Å². The van der Waals surface area contributed by atoms with Crippen molar-refractivity contribution in [3.8, 4) is 0 Å². The fourth-order valence-electron chi connectivity index (χ4n) is 1.32. The predicted octanol–water partition coefficient (Wildman–Crippen LogP) is 1.47. The molecular weight excluding hydrogens is 225 g/mol. The first-order valence-electron chi connectivity index (χ1n) is 4.18. The van der Waals surface area contributed by atoms with Crippen LogP contribution in [0.2, 0.25) is 0 Å². The number of hydrogen-bond donors (Lipinski definition) is 0. The molecule has 0 unspecified atom stereocenters. The van der Waals surface area contributed by atoms with Crippen molar-refractivity contribution in [1.29, 1.82) is 0 Å². The fourth-order valence-corrected chi connectivity index (χ4v) is 1.32. The Hall–Kier alpha value is 0.543. The van der Waals surface area contributed by atoms with Crippen molar-refractivity contribution in [2.75, 3.05) is 26.2 Å². The van der Waals surface area contributed by atoms with E-state index in [1.165, 1.54) is 13.0 Å². The minimum atomic E-state index is 0. The molecule has 0 aromatic heterocycles. The molecule has 67 valence electrons. The van der Waals surface area contributed by atoms with Crippen LogP contribution in [0, 0.1) is 0 Å². The quantitative estimate of drug-likeness (QED) is 0.637. The predicted molar refractivity (Wildman–Crippen MR) is 44.4 cm³/mol. The van der Waals surface area contributed by atoms with E-state index in [2.05, 4.69) is 24.1 Å². The third kappa shape index (κ3) is 4.20. The Morgan fingerprint density at radius 2 is 1.91 bits per heavy atom. The van der Waals surface area contributed by atoms with E-state index in [0.29, 0.717) is 6.04 Å². The van der Waals surface area contributed by atoms with E-state index in [1.807, 2.05) is 0 Å². The van der Waals surface area contributed by atoms with Crippen molar-refractivity contribution < 1.29 is 19.5 Å². The average molecular weight is 242 g/mol. The molecule has 1 radical (unpaired) electrons. The summed E-state index contributed by atoms with van der Waals surface area (Å²) < 4.78 is 0. The van der Waals surface area contributed by atoms with E-state index in [9.17, 15) is 0 Å². The minimum absolute atomic E-state index is 0. The van der Waals surface area contributed by atoms with Gasteiger partial charge >= 0.3 is 19.5 Å². The molecule has 0 aliphatic carbocycles. The van der Waals surface area contributed by atoms with Crippen molar-refractivity contribution in [2.24, 2.45) is 0 Å². The van der Waals surface area contributed by atoms with Crippen molar-refractivity contribution >= 4 is 0 Å². The van der Waals surface area contributed by atoms with Gasteiger partial charge in [-0.2, -0.15) is 0 Å². The van der Waals surface area contributed by atoms with Crippen molar-refractivity contribution in [3.05, 3.63) is 5.32 Å². The zero-order chi connectivity index (χ0) is 7.40. The molecule has 3 heteroatoms. The molecule has 0 aromatic rings. The Balaban J connectivity index is 0.000001000. The first-order valence-corrected chi connectivity index (χ1v) is 4.18. The van der Waals surface area contributed by atoms with E-state index in [1.54, 1.807) is 0 Å². The zero-order valence-corrected chi connectivity index (χ0v) is 9.10. The minimum Gasteiger partial charge on any atom is -0.661 e. The molecule has 0 aromatic carbocycles. The van der Waals surface area contributed by atoms with Crippen LogP contribution in [0.4, 0.5) is 0 Å². The maximum Gasteiger partial charge on any atom is 1.00 e. The third-order valence-corrected chi connectivity index (χ3v) is 2.04. The normalized spacial score (nSPS) is 21.0. The number of hydrogen-bond acceptors (Lipinski definition) is 1. The van der Waals surface area contributed by atoms with E-state index in [-0.39, 0.29) is 19.5 Å². The molecule has 0 saturated carbocycles. The van der Waals surface area contributed by atoms with Crippen LogP contribution >= 0.6 is 0 Å². The van der Waals surface area contributed by atoms with Crippen LogP contribution in [-0.2, 0) is 19.5 Å². The molecule has 1 aliphatic rings. The summed E-state index contributed by atoms with van der Waals surface area (Å²) in [4.78, 5) is 2.50. The summed E-state index contributed by atoms with van der Waals surface area (Å²) in [6.07, 6.45) is 1.25. The molecule has 0 bridgehead atoms. The van der Waals surface area contributed by atoms with Gasteiger partial charge in [0.15, 0.2) is 0 Å². The van der Waals surface area contributed by atoms with Gasteiger partial charge in [-0.25, -0.2) is 0 Å². The second-order valence-electron chi connectivity index (χ2n) is 3.15. The summed E-state index contributed by atoms with van der Waals surface area (Å²) >= 11 is 0. The van der Waals surface area contributed by atoms with Crippen LogP contribution in [0.5, 0.6) is 0 Å². The zero-order valence-electron chi connectivity index (χ0n) is 7.36. The van der Waals surface area contributed by atoms with Gasteiger partial charge in [-0.1, -0.05) is 6.42 Å².